The number of nitriles is 1. The maximum absolute atomic E-state index is 9.86. The zero-order chi connectivity index (χ0) is 17.3. The van der Waals surface area contributed by atoms with Crippen molar-refractivity contribution in [2.75, 3.05) is 6.61 Å². The third-order valence-corrected chi connectivity index (χ3v) is 3.49. The van der Waals surface area contributed by atoms with E-state index in [4.69, 9.17) is 4.74 Å². The molecule has 3 aromatic rings. The molecule has 0 aromatic carbocycles. The summed E-state index contributed by atoms with van der Waals surface area (Å²) < 4.78 is 7.32. The van der Waals surface area contributed by atoms with E-state index >= 15 is 0 Å². The van der Waals surface area contributed by atoms with Gasteiger partial charge in [0.15, 0.2) is 0 Å². The number of aryl methyl sites for hydroxylation is 1. The molecule has 1 N–H and O–H groups in total. The third-order valence-electron chi connectivity index (χ3n) is 3.49. The summed E-state index contributed by atoms with van der Waals surface area (Å²) in [7, 11) is 0. The SMILES string of the molecule is Cc1cncc(-c2cc(OCC(C)(C)O)cn3ncc(C#N)c23)c1. The van der Waals surface area contributed by atoms with Crippen LogP contribution in [0.1, 0.15) is 25.0 Å². The van der Waals surface area contributed by atoms with Crippen molar-refractivity contribution in [3.8, 4) is 22.9 Å². The van der Waals surface area contributed by atoms with E-state index in [0.717, 1.165) is 16.7 Å². The predicted octanol–water partition coefficient (Wildman–Crippen LogP) is 2.73. The van der Waals surface area contributed by atoms with E-state index in [1.54, 1.807) is 37.0 Å². The van der Waals surface area contributed by atoms with Gasteiger partial charge in [-0.2, -0.15) is 10.4 Å². The van der Waals surface area contributed by atoms with Crippen molar-refractivity contribution >= 4 is 5.52 Å². The van der Waals surface area contributed by atoms with Crippen molar-refractivity contribution < 1.29 is 9.84 Å². The van der Waals surface area contributed by atoms with Crippen LogP contribution in [0.15, 0.2) is 36.9 Å². The summed E-state index contributed by atoms with van der Waals surface area (Å²) in [4.78, 5) is 4.23. The molecule has 3 heterocycles. The number of hydrogen-bond acceptors (Lipinski definition) is 5. The first-order valence-electron chi connectivity index (χ1n) is 7.56. The molecule has 0 bridgehead atoms. The van der Waals surface area contributed by atoms with Crippen LogP contribution in [0.25, 0.3) is 16.6 Å². The summed E-state index contributed by atoms with van der Waals surface area (Å²) in [5, 5.41) is 23.4. The summed E-state index contributed by atoms with van der Waals surface area (Å²) in [6.07, 6.45) is 6.75. The first kappa shape index (κ1) is 16.0. The number of pyridine rings is 2. The van der Waals surface area contributed by atoms with E-state index in [-0.39, 0.29) is 6.61 Å². The molecule has 0 spiro atoms. The Kier molecular flexibility index (Phi) is 3.96. The largest absolute Gasteiger partial charge is 0.489 e. The van der Waals surface area contributed by atoms with Crippen LogP contribution in [-0.4, -0.2) is 31.9 Å². The Bertz CT molecular complexity index is 932. The molecule has 0 radical (unpaired) electrons. The Labute approximate surface area is 140 Å². The molecule has 0 aliphatic heterocycles. The average molecular weight is 322 g/mol. The molecule has 6 nitrogen and oxygen atoms in total. The van der Waals surface area contributed by atoms with Gasteiger partial charge in [-0.05, 0) is 38.5 Å². The normalized spacial score (nSPS) is 11.5. The van der Waals surface area contributed by atoms with Crippen molar-refractivity contribution in [1.82, 2.24) is 14.6 Å². The van der Waals surface area contributed by atoms with Gasteiger partial charge in [0.25, 0.3) is 0 Å². The highest BCUT2D eigenvalue weighted by Gasteiger charge is 2.17. The maximum atomic E-state index is 9.86. The fourth-order valence-electron chi connectivity index (χ4n) is 2.44. The Balaban J connectivity index is 2.17. The van der Waals surface area contributed by atoms with E-state index in [9.17, 15) is 10.4 Å². The Morgan fingerprint density at radius 3 is 2.75 bits per heavy atom. The van der Waals surface area contributed by atoms with Crippen molar-refractivity contribution in [2.45, 2.75) is 26.4 Å². The van der Waals surface area contributed by atoms with Gasteiger partial charge in [0.2, 0.25) is 0 Å². The van der Waals surface area contributed by atoms with Crippen LogP contribution < -0.4 is 4.74 Å². The lowest BCUT2D eigenvalue weighted by Crippen LogP contribution is -2.27. The first-order chi connectivity index (χ1) is 11.4. The first-order valence-corrected chi connectivity index (χ1v) is 7.56. The minimum absolute atomic E-state index is 0.149. The van der Waals surface area contributed by atoms with Crippen molar-refractivity contribution in [1.29, 1.82) is 5.26 Å². The molecule has 0 amide bonds. The molecule has 122 valence electrons. The van der Waals surface area contributed by atoms with Crippen LogP contribution in [0.3, 0.4) is 0 Å². The van der Waals surface area contributed by atoms with Crippen LogP contribution in [-0.2, 0) is 0 Å². The molecule has 0 fully saturated rings. The molecule has 24 heavy (non-hydrogen) atoms. The average Bonchev–Trinajstić information content (AvgIpc) is 2.94. The second kappa shape index (κ2) is 5.95. The second-order valence-corrected chi connectivity index (χ2v) is 6.40. The minimum atomic E-state index is -0.943. The lowest BCUT2D eigenvalue weighted by Gasteiger charge is -2.18. The van der Waals surface area contributed by atoms with Crippen LogP contribution in [0.2, 0.25) is 0 Å². The number of fused-ring (bicyclic) bond motifs is 1. The highest BCUT2D eigenvalue weighted by atomic mass is 16.5. The maximum Gasteiger partial charge on any atom is 0.138 e. The second-order valence-electron chi connectivity index (χ2n) is 6.40. The Morgan fingerprint density at radius 1 is 1.29 bits per heavy atom. The van der Waals surface area contributed by atoms with E-state index in [1.165, 1.54) is 6.20 Å². The van der Waals surface area contributed by atoms with Crippen molar-refractivity contribution in [3.63, 3.8) is 0 Å². The molecule has 0 unspecified atom stereocenters. The minimum Gasteiger partial charge on any atom is -0.489 e. The van der Waals surface area contributed by atoms with Gasteiger partial charge in [0.05, 0.1) is 29.1 Å². The Hall–Kier alpha value is -2.91. The number of rotatable bonds is 4. The highest BCUT2D eigenvalue weighted by molar-refractivity contribution is 5.85. The number of ether oxygens (including phenoxy) is 1. The lowest BCUT2D eigenvalue weighted by molar-refractivity contribution is 0.0283. The zero-order valence-electron chi connectivity index (χ0n) is 13.8. The van der Waals surface area contributed by atoms with Gasteiger partial charge in [-0.15, -0.1) is 0 Å². The number of nitrogens with zero attached hydrogens (tertiary/aromatic N) is 4. The molecule has 3 rings (SSSR count). The quantitative estimate of drug-likeness (QED) is 0.798. The molecule has 0 aliphatic rings. The van der Waals surface area contributed by atoms with Crippen molar-refractivity contribution in [3.05, 3.63) is 48.0 Å². The highest BCUT2D eigenvalue weighted by Crippen LogP contribution is 2.31. The summed E-state index contributed by atoms with van der Waals surface area (Å²) in [6.45, 7) is 5.47. The third kappa shape index (κ3) is 3.21. The van der Waals surface area contributed by atoms with Crippen LogP contribution >= 0.6 is 0 Å². The lowest BCUT2D eigenvalue weighted by atomic mass is 10.0. The summed E-state index contributed by atoms with van der Waals surface area (Å²) in [5.41, 5.74) is 2.97. The molecule has 0 atom stereocenters. The predicted molar refractivity (Wildman–Crippen MR) is 89.7 cm³/mol. The Morgan fingerprint density at radius 2 is 2.08 bits per heavy atom. The van der Waals surface area contributed by atoms with Gasteiger partial charge < -0.3 is 9.84 Å². The van der Waals surface area contributed by atoms with Crippen LogP contribution in [0.5, 0.6) is 5.75 Å². The van der Waals surface area contributed by atoms with Crippen molar-refractivity contribution in [2.24, 2.45) is 0 Å². The number of aromatic nitrogens is 3. The van der Waals surface area contributed by atoms with Crippen LogP contribution in [0, 0.1) is 18.3 Å². The molecule has 0 aliphatic carbocycles. The zero-order valence-corrected chi connectivity index (χ0v) is 13.8. The van der Waals surface area contributed by atoms with Gasteiger partial charge in [-0.3, -0.25) is 4.98 Å². The van der Waals surface area contributed by atoms with E-state index in [2.05, 4.69) is 16.2 Å². The van der Waals surface area contributed by atoms with Crippen LogP contribution in [0.4, 0.5) is 0 Å². The van der Waals surface area contributed by atoms with Gasteiger partial charge in [0, 0.05) is 23.5 Å². The van der Waals surface area contributed by atoms with Gasteiger partial charge in [-0.1, -0.05) is 0 Å². The molecule has 3 aromatic heterocycles. The standard InChI is InChI=1S/C18H18N4O2/c1-12-4-13(8-20-7-12)16-5-15(24-11-18(2,3)23)10-22-17(16)14(6-19)9-21-22/h4-5,7-10,23H,11H2,1-3H3. The number of aliphatic hydroxyl groups is 1. The number of hydrogen-bond donors (Lipinski definition) is 1. The van der Waals surface area contributed by atoms with E-state index in [1.807, 2.05) is 19.1 Å². The molecular formula is C18H18N4O2. The van der Waals surface area contributed by atoms with E-state index in [0.29, 0.717) is 16.8 Å². The summed E-state index contributed by atoms with van der Waals surface area (Å²) >= 11 is 0. The van der Waals surface area contributed by atoms with Gasteiger partial charge in [-0.25, -0.2) is 4.52 Å². The fraction of sp³-hybridized carbons (Fsp3) is 0.278. The fourth-order valence-corrected chi connectivity index (χ4v) is 2.44. The summed E-state index contributed by atoms with van der Waals surface area (Å²) in [6, 6.07) is 6.01. The smallest absolute Gasteiger partial charge is 0.138 e. The monoisotopic (exact) mass is 322 g/mol. The topological polar surface area (TPSA) is 83.4 Å². The van der Waals surface area contributed by atoms with Gasteiger partial charge >= 0.3 is 0 Å². The van der Waals surface area contributed by atoms with E-state index < -0.39 is 5.60 Å². The van der Waals surface area contributed by atoms with Gasteiger partial charge in [0.1, 0.15) is 18.4 Å². The molecule has 0 saturated heterocycles. The molecule has 0 saturated carbocycles. The summed E-state index contributed by atoms with van der Waals surface area (Å²) in [5.74, 6) is 0.564. The molecular weight excluding hydrogens is 304 g/mol. The molecule has 6 heteroatoms.